The van der Waals surface area contributed by atoms with E-state index < -0.39 is 0 Å². The maximum atomic E-state index is 5.66. The lowest BCUT2D eigenvalue weighted by atomic mass is 10.3. The van der Waals surface area contributed by atoms with Crippen molar-refractivity contribution < 1.29 is 0 Å². The Hall–Kier alpha value is -1.14. The first kappa shape index (κ1) is 10.4. The molecular formula is C9H10N4S2. The third-order valence-corrected chi connectivity index (χ3v) is 3.65. The fraction of sp³-hybridized carbons (Fsp3) is 0.222. The Morgan fingerprint density at radius 1 is 1.53 bits per heavy atom. The number of anilines is 1. The molecule has 15 heavy (non-hydrogen) atoms. The summed E-state index contributed by atoms with van der Waals surface area (Å²) >= 11 is 3.05. The number of rotatable bonds is 3. The lowest BCUT2D eigenvalue weighted by molar-refractivity contribution is 1.10. The van der Waals surface area contributed by atoms with Gasteiger partial charge in [0.2, 0.25) is 0 Å². The summed E-state index contributed by atoms with van der Waals surface area (Å²) < 4.78 is 5.08. The molecule has 0 saturated carbocycles. The zero-order valence-corrected chi connectivity index (χ0v) is 9.81. The van der Waals surface area contributed by atoms with Crippen molar-refractivity contribution in [3.63, 3.8) is 0 Å². The molecule has 2 heterocycles. The van der Waals surface area contributed by atoms with Crippen LogP contribution in [0.5, 0.6) is 0 Å². The number of aryl methyl sites for hydroxylation is 1. The molecule has 0 saturated heterocycles. The molecule has 0 aliphatic carbocycles. The van der Waals surface area contributed by atoms with Gasteiger partial charge in [0.05, 0.1) is 5.69 Å². The van der Waals surface area contributed by atoms with Crippen molar-refractivity contribution >= 4 is 29.0 Å². The Labute approximate surface area is 96.1 Å². The Morgan fingerprint density at radius 2 is 2.40 bits per heavy atom. The standard InChI is InChI=1S/C9H10N4S2/c1-6-12-9(15-13-6)14-5-8-4-7(10)2-3-11-8/h2-4H,5H2,1H3,(H2,10,11). The Kier molecular flexibility index (Phi) is 3.17. The van der Waals surface area contributed by atoms with E-state index in [1.807, 2.05) is 13.0 Å². The summed E-state index contributed by atoms with van der Waals surface area (Å²) in [6.07, 6.45) is 1.72. The van der Waals surface area contributed by atoms with Crippen LogP contribution in [0.4, 0.5) is 5.69 Å². The van der Waals surface area contributed by atoms with Gasteiger partial charge in [-0.15, -0.1) is 0 Å². The van der Waals surface area contributed by atoms with Crippen LogP contribution in [0.3, 0.4) is 0 Å². The number of nitrogens with zero attached hydrogens (tertiary/aromatic N) is 3. The monoisotopic (exact) mass is 238 g/mol. The molecule has 2 aromatic heterocycles. The second-order valence-corrected chi connectivity index (χ2v) is 4.95. The van der Waals surface area contributed by atoms with Gasteiger partial charge < -0.3 is 5.73 Å². The number of pyridine rings is 1. The predicted octanol–water partition coefficient (Wildman–Crippen LogP) is 2.12. The highest BCUT2D eigenvalue weighted by atomic mass is 32.2. The number of aromatic nitrogens is 3. The summed E-state index contributed by atoms with van der Waals surface area (Å²) in [6, 6.07) is 3.66. The van der Waals surface area contributed by atoms with E-state index in [2.05, 4.69) is 14.3 Å². The van der Waals surface area contributed by atoms with E-state index in [9.17, 15) is 0 Å². The summed E-state index contributed by atoms with van der Waals surface area (Å²) in [6.45, 7) is 1.89. The van der Waals surface area contributed by atoms with Gasteiger partial charge in [0, 0.05) is 17.6 Å². The Bertz CT molecular complexity index is 455. The lowest BCUT2D eigenvalue weighted by Gasteiger charge is -1.98. The molecule has 0 unspecified atom stereocenters. The Morgan fingerprint density at radius 3 is 3.07 bits per heavy atom. The van der Waals surface area contributed by atoms with E-state index in [0.29, 0.717) is 0 Å². The third-order valence-electron chi connectivity index (χ3n) is 1.69. The molecule has 0 aliphatic heterocycles. The van der Waals surface area contributed by atoms with E-state index in [1.165, 1.54) is 11.5 Å². The first-order chi connectivity index (χ1) is 7.24. The molecular weight excluding hydrogens is 228 g/mol. The van der Waals surface area contributed by atoms with Gasteiger partial charge in [0.1, 0.15) is 5.82 Å². The minimum atomic E-state index is 0.744. The molecule has 0 aliphatic rings. The number of thioether (sulfide) groups is 1. The van der Waals surface area contributed by atoms with Crippen molar-refractivity contribution in [3.8, 4) is 0 Å². The topological polar surface area (TPSA) is 64.7 Å². The fourth-order valence-corrected chi connectivity index (χ4v) is 2.60. The number of nitrogen functional groups attached to an aromatic ring is 1. The first-order valence-electron chi connectivity index (χ1n) is 4.37. The van der Waals surface area contributed by atoms with Crippen LogP contribution in [0.15, 0.2) is 22.7 Å². The molecule has 2 aromatic rings. The van der Waals surface area contributed by atoms with Crippen LogP contribution in [0, 0.1) is 6.92 Å². The average molecular weight is 238 g/mol. The van der Waals surface area contributed by atoms with Crippen LogP contribution < -0.4 is 5.73 Å². The van der Waals surface area contributed by atoms with Gasteiger partial charge in [-0.05, 0) is 30.6 Å². The van der Waals surface area contributed by atoms with Crippen LogP contribution in [0.25, 0.3) is 0 Å². The molecule has 0 aromatic carbocycles. The van der Waals surface area contributed by atoms with Crippen molar-refractivity contribution in [1.29, 1.82) is 0 Å². The van der Waals surface area contributed by atoms with Crippen molar-refractivity contribution in [2.24, 2.45) is 0 Å². The van der Waals surface area contributed by atoms with Gasteiger partial charge in [-0.3, -0.25) is 4.98 Å². The van der Waals surface area contributed by atoms with E-state index in [4.69, 9.17) is 5.73 Å². The molecule has 0 fully saturated rings. The molecule has 0 radical (unpaired) electrons. The maximum absolute atomic E-state index is 5.66. The average Bonchev–Trinajstić information content (AvgIpc) is 2.62. The quantitative estimate of drug-likeness (QED) is 0.830. The highest BCUT2D eigenvalue weighted by Crippen LogP contribution is 2.23. The van der Waals surface area contributed by atoms with E-state index >= 15 is 0 Å². The second kappa shape index (κ2) is 4.59. The van der Waals surface area contributed by atoms with Crippen LogP contribution in [0.2, 0.25) is 0 Å². The van der Waals surface area contributed by atoms with Gasteiger partial charge in [0.15, 0.2) is 4.34 Å². The summed E-state index contributed by atoms with van der Waals surface area (Å²) in [5.74, 6) is 1.60. The summed E-state index contributed by atoms with van der Waals surface area (Å²) in [7, 11) is 0. The molecule has 6 heteroatoms. The molecule has 2 N–H and O–H groups in total. The van der Waals surface area contributed by atoms with E-state index in [1.54, 1.807) is 24.0 Å². The van der Waals surface area contributed by atoms with Crippen molar-refractivity contribution in [1.82, 2.24) is 14.3 Å². The zero-order valence-electron chi connectivity index (χ0n) is 8.17. The van der Waals surface area contributed by atoms with E-state index in [-0.39, 0.29) is 0 Å². The van der Waals surface area contributed by atoms with Crippen molar-refractivity contribution in [2.75, 3.05) is 5.73 Å². The van der Waals surface area contributed by atoms with Crippen LogP contribution >= 0.6 is 23.3 Å². The first-order valence-corrected chi connectivity index (χ1v) is 6.13. The summed E-state index contributed by atoms with van der Waals surface area (Å²) in [4.78, 5) is 8.48. The molecule has 0 spiro atoms. The summed E-state index contributed by atoms with van der Waals surface area (Å²) in [5.41, 5.74) is 7.37. The highest BCUT2D eigenvalue weighted by molar-refractivity contribution is 8.00. The van der Waals surface area contributed by atoms with Crippen LogP contribution in [-0.4, -0.2) is 14.3 Å². The zero-order chi connectivity index (χ0) is 10.7. The normalized spacial score (nSPS) is 10.5. The number of hydrogen-bond donors (Lipinski definition) is 1. The molecule has 4 nitrogen and oxygen atoms in total. The maximum Gasteiger partial charge on any atom is 0.170 e. The number of nitrogens with two attached hydrogens (primary N) is 1. The molecule has 0 atom stereocenters. The molecule has 0 bridgehead atoms. The van der Waals surface area contributed by atoms with Crippen molar-refractivity contribution in [3.05, 3.63) is 29.8 Å². The smallest absolute Gasteiger partial charge is 0.170 e. The minimum Gasteiger partial charge on any atom is -0.399 e. The van der Waals surface area contributed by atoms with Crippen LogP contribution in [0.1, 0.15) is 11.5 Å². The van der Waals surface area contributed by atoms with Gasteiger partial charge in [-0.25, -0.2) is 4.98 Å². The van der Waals surface area contributed by atoms with Gasteiger partial charge in [0.25, 0.3) is 0 Å². The second-order valence-electron chi connectivity index (χ2n) is 2.98. The van der Waals surface area contributed by atoms with Crippen LogP contribution in [-0.2, 0) is 5.75 Å². The van der Waals surface area contributed by atoms with Gasteiger partial charge >= 0.3 is 0 Å². The molecule has 2 rings (SSSR count). The van der Waals surface area contributed by atoms with Gasteiger partial charge in [-0.2, -0.15) is 4.37 Å². The lowest BCUT2D eigenvalue weighted by Crippen LogP contribution is -1.90. The van der Waals surface area contributed by atoms with E-state index in [0.717, 1.165) is 27.3 Å². The molecule has 78 valence electrons. The summed E-state index contributed by atoms with van der Waals surface area (Å²) in [5, 5.41) is 0. The fourth-order valence-electron chi connectivity index (χ4n) is 1.05. The highest BCUT2D eigenvalue weighted by Gasteiger charge is 2.02. The van der Waals surface area contributed by atoms with Gasteiger partial charge in [-0.1, -0.05) is 11.8 Å². The molecule has 0 amide bonds. The Balaban J connectivity index is 1.99. The van der Waals surface area contributed by atoms with Crippen molar-refractivity contribution in [2.45, 2.75) is 17.0 Å². The number of hydrogen-bond acceptors (Lipinski definition) is 6. The largest absolute Gasteiger partial charge is 0.399 e. The predicted molar refractivity (Wildman–Crippen MR) is 62.9 cm³/mol. The third kappa shape index (κ3) is 2.90. The SMILES string of the molecule is Cc1nsc(SCc2cc(N)ccn2)n1. The minimum absolute atomic E-state index is 0.744.